The molecule has 0 radical (unpaired) electrons. The number of hydrogen-bond acceptors (Lipinski definition) is 3. The highest BCUT2D eigenvalue weighted by molar-refractivity contribution is 5.85. The van der Waals surface area contributed by atoms with Crippen molar-refractivity contribution >= 4 is 22.4 Å². The summed E-state index contributed by atoms with van der Waals surface area (Å²) >= 11 is 0. The van der Waals surface area contributed by atoms with Crippen molar-refractivity contribution in [1.29, 1.82) is 0 Å². The third-order valence-electron chi connectivity index (χ3n) is 2.08. The summed E-state index contributed by atoms with van der Waals surface area (Å²) in [7, 11) is 0. The lowest BCUT2D eigenvalue weighted by Gasteiger charge is -2.04. The normalized spacial score (nSPS) is 10.1. The highest BCUT2D eigenvalue weighted by Crippen LogP contribution is 2.17. The maximum absolute atomic E-state index is 10.4. The Balaban J connectivity index is 2.26. The number of nitrogens with one attached hydrogen (secondary N) is 1. The Morgan fingerprint density at radius 3 is 3.00 bits per heavy atom. The van der Waals surface area contributed by atoms with Gasteiger partial charge in [0, 0.05) is 23.5 Å². The van der Waals surface area contributed by atoms with Crippen LogP contribution in [0.15, 0.2) is 36.7 Å². The molecule has 76 valence electrons. The van der Waals surface area contributed by atoms with Crippen LogP contribution in [0.4, 0.5) is 5.69 Å². The molecule has 0 aliphatic carbocycles. The lowest BCUT2D eigenvalue weighted by atomic mass is 10.1. The van der Waals surface area contributed by atoms with Crippen molar-refractivity contribution in [1.82, 2.24) is 4.98 Å². The van der Waals surface area contributed by atoms with Gasteiger partial charge in [0.05, 0.1) is 0 Å². The number of anilines is 1. The van der Waals surface area contributed by atoms with Gasteiger partial charge < -0.3 is 10.4 Å². The quantitative estimate of drug-likeness (QED) is 0.795. The lowest BCUT2D eigenvalue weighted by molar-refractivity contribution is -0.134. The minimum absolute atomic E-state index is 0.0776. The maximum Gasteiger partial charge on any atom is 0.322 e. The highest BCUT2D eigenvalue weighted by Gasteiger charge is 1.98. The second kappa shape index (κ2) is 3.96. The third kappa shape index (κ3) is 2.22. The van der Waals surface area contributed by atoms with Gasteiger partial charge in [0.25, 0.3) is 0 Å². The molecule has 1 aromatic heterocycles. The Kier molecular flexibility index (Phi) is 2.49. The molecule has 0 aliphatic heterocycles. The van der Waals surface area contributed by atoms with Gasteiger partial charge in [-0.25, -0.2) is 0 Å². The number of rotatable bonds is 3. The number of benzene rings is 1. The summed E-state index contributed by atoms with van der Waals surface area (Å²) in [6, 6.07) is 7.58. The second-order valence-corrected chi connectivity index (χ2v) is 3.18. The van der Waals surface area contributed by atoms with E-state index >= 15 is 0 Å². The number of pyridine rings is 1. The van der Waals surface area contributed by atoms with E-state index in [1.54, 1.807) is 12.4 Å². The minimum atomic E-state index is -0.874. The Morgan fingerprint density at radius 1 is 1.33 bits per heavy atom. The van der Waals surface area contributed by atoms with Crippen molar-refractivity contribution in [2.75, 3.05) is 11.9 Å². The monoisotopic (exact) mass is 202 g/mol. The van der Waals surface area contributed by atoms with Crippen molar-refractivity contribution in [2.24, 2.45) is 0 Å². The zero-order valence-electron chi connectivity index (χ0n) is 7.97. The van der Waals surface area contributed by atoms with Gasteiger partial charge in [-0.3, -0.25) is 9.78 Å². The zero-order valence-corrected chi connectivity index (χ0v) is 7.97. The van der Waals surface area contributed by atoms with Crippen LogP contribution in [-0.2, 0) is 4.79 Å². The summed E-state index contributed by atoms with van der Waals surface area (Å²) in [5.74, 6) is -0.874. The fraction of sp³-hybridized carbons (Fsp3) is 0.0909. The van der Waals surface area contributed by atoms with Crippen LogP contribution in [0.3, 0.4) is 0 Å². The molecular formula is C11H10N2O2. The van der Waals surface area contributed by atoms with E-state index in [9.17, 15) is 4.79 Å². The van der Waals surface area contributed by atoms with E-state index in [4.69, 9.17) is 5.11 Å². The summed E-state index contributed by atoms with van der Waals surface area (Å²) in [5, 5.41) is 13.4. The summed E-state index contributed by atoms with van der Waals surface area (Å²) in [6.45, 7) is -0.0776. The van der Waals surface area contributed by atoms with Crippen molar-refractivity contribution in [3.05, 3.63) is 36.7 Å². The maximum atomic E-state index is 10.4. The van der Waals surface area contributed by atoms with Crippen molar-refractivity contribution in [3.63, 3.8) is 0 Å². The van der Waals surface area contributed by atoms with Gasteiger partial charge in [0.2, 0.25) is 0 Å². The first kappa shape index (κ1) is 9.45. The van der Waals surface area contributed by atoms with Gasteiger partial charge >= 0.3 is 5.97 Å². The molecule has 2 aromatic rings. The smallest absolute Gasteiger partial charge is 0.322 e. The lowest BCUT2D eigenvalue weighted by Crippen LogP contribution is -2.12. The van der Waals surface area contributed by atoms with E-state index < -0.39 is 5.97 Å². The molecule has 0 saturated heterocycles. The fourth-order valence-corrected chi connectivity index (χ4v) is 1.37. The van der Waals surface area contributed by atoms with Crippen molar-refractivity contribution < 1.29 is 9.90 Å². The molecule has 0 saturated carbocycles. The van der Waals surface area contributed by atoms with Crippen LogP contribution in [0, 0.1) is 0 Å². The first-order valence-corrected chi connectivity index (χ1v) is 4.55. The minimum Gasteiger partial charge on any atom is -0.480 e. The Labute approximate surface area is 86.6 Å². The van der Waals surface area contributed by atoms with Gasteiger partial charge in [-0.1, -0.05) is 6.07 Å². The molecule has 0 spiro atoms. The molecule has 4 heteroatoms. The van der Waals surface area contributed by atoms with Crippen LogP contribution in [0.1, 0.15) is 0 Å². The van der Waals surface area contributed by atoms with E-state index in [0.717, 1.165) is 16.5 Å². The van der Waals surface area contributed by atoms with Crippen LogP contribution in [0.2, 0.25) is 0 Å². The average molecular weight is 202 g/mol. The molecule has 4 nitrogen and oxygen atoms in total. The largest absolute Gasteiger partial charge is 0.480 e. The third-order valence-corrected chi connectivity index (χ3v) is 2.08. The topological polar surface area (TPSA) is 62.2 Å². The number of carboxylic acids is 1. The molecule has 0 bridgehead atoms. The summed E-state index contributed by atoms with van der Waals surface area (Å²) in [4.78, 5) is 14.4. The van der Waals surface area contributed by atoms with Crippen molar-refractivity contribution in [3.8, 4) is 0 Å². The van der Waals surface area contributed by atoms with Gasteiger partial charge in [0.1, 0.15) is 6.54 Å². The number of hydrogen-bond donors (Lipinski definition) is 2. The molecule has 2 rings (SSSR count). The Morgan fingerprint density at radius 2 is 2.20 bits per heavy atom. The predicted molar refractivity (Wildman–Crippen MR) is 57.9 cm³/mol. The molecule has 0 unspecified atom stereocenters. The summed E-state index contributed by atoms with van der Waals surface area (Å²) in [6.07, 6.45) is 3.48. The van der Waals surface area contributed by atoms with E-state index in [0.29, 0.717) is 0 Å². The SMILES string of the molecule is O=C(O)CNc1ccc2ccncc2c1. The molecule has 1 aromatic carbocycles. The van der Waals surface area contributed by atoms with Crippen LogP contribution in [-0.4, -0.2) is 22.6 Å². The van der Waals surface area contributed by atoms with Crippen LogP contribution in [0.25, 0.3) is 10.8 Å². The summed E-state index contributed by atoms with van der Waals surface area (Å²) < 4.78 is 0. The fourth-order valence-electron chi connectivity index (χ4n) is 1.37. The Bertz CT molecular complexity index is 497. The first-order chi connectivity index (χ1) is 7.25. The Hall–Kier alpha value is -2.10. The highest BCUT2D eigenvalue weighted by atomic mass is 16.4. The number of carboxylic acid groups (broad SMARTS) is 1. The molecule has 0 atom stereocenters. The number of nitrogens with zero attached hydrogens (tertiary/aromatic N) is 1. The van der Waals surface area contributed by atoms with Gasteiger partial charge in [-0.15, -0.1) is 0 Å². The van der Waals surface area contributed by atoms with E-state index in [-0.39, 0.29) is 6.54 Å². The van der Waals surface area contributed by atoms with E-state index in [2.05, 4.69) is 10.3 Å². The number of aromatic nitrogens is 1. The molecule has 0 aliphatic rings. The molecule has 0 fully saturated rings. The number of aliphatic carboxylic acids is 1. The van der Waals surface area contributed by atoms with E-state index in [1.807, 2.05) is 24.3 Å². The zero-order chi connectivity index (χ0) is 10.7. The average Bonchev–Trinajstić information content (AvgIpc) is 2.26. The van der Waals surface area contributed by atoms with Gasteiger partial charge in [0.15, 0.2) is 0 Å². The predicted octanol–water partition coefficient (Wildman–Crippen LogP) is 1.73. The van der Waals surface area contributed by atoms with Crippen molar-refractivity contribution in [2.45, 2.75) is 0 Å². The molecule has 0 amide bonds. The van der Waals surface area contributed by atoms with Gasteiger partial charge in [-0.05, 0) is 23.6 Å². The molecule has 2 N–H and O–H groups in total. The molecule has 1 heterocycles. The molecule has 15 heavy (non-hydrogen) atoms. The number of carbonyl (C=O) groups is 1. The van der Waals surface area contributed by atoms with Gasteiger partial charge in [-0.2, -0.15) is 0 Å². The van der Waals surface area contributed by atoms with Crippen LogP contribution < -0.4 is 5.32 Å². The second-order valence-electron chi connectivity index (χ2n) is 3.18. The summed E-state index contributed by atoms with van der Waals surface area (Å²) in [5.41, 5.74) is 0.790. The standard InChI is InChI=1S/C11H10N2O2/c14-11(15)7-13-10-2-1-8-3-4-12-6-9(8)5-10/h1-6,13H,7H2,(H,14,15). The molecular weight excluding hydrogens is 192 g/mol. The number of fused-ring (bicyclic) bond motifs is 1. The van der Waals surface area contributed by atoms with Crippen LogP contribution in [0.5, 0.6) is 0 Å². The van der Waals surface area contributed by atoms with Crippen LogP contribution >= 0.6 is 0 Å². The first-order valence-electron chi connectivity index (χ1n) is 4.55. The van der Waals surface area contributed by atoms with E-state index in [1.165, 1.54) is 0 Å².